The molecule has 15 heavy (non-hydrogen) atoms. The predicted molar refractivity (Wildman–Crippen MR) is 52.8 cm³/mol. The molecule has 5 nitrogen and oxygen atoms in total. The van der Waals surface area contributed by atoms with Crippen molar-refractivity contribution >= 4 is 11.0 Å². The van der Waals surface area contributed by atoms with E-state index in [1.807, 2.05) is 24.3 Å². The minimum Gasteiger partial charge on any atom is -0.345 e. The molecule has 1 aromatic carbocycles. The molecule has 0 atom stereocenters. The predicted octanol–water partition coefficient (Wildman–Crippen LogP) is 1.68. The minimum atomic E-state index is 0.591. The molecule has 2 aromatic heterocycles. The van der Waals surface area contributed by atoms with Crippen LogP contribution in [0.3, 0.4) is 0 Å². The lowest BCUT2D eigenvalue weighted by molar-refractivity contribution is 0.393. The highest BCUT2D eigenvalue weighted by Gasteiger charge is 2.05. The van der Waals surface area contributed by atoms with Gasteiger partial charge in [0.2, 0.25) is 0 Å². The second-order valence-electron chi connectivity index (χ2n) is 3.03. The SMILES string of the molecule is c1ccc2nc(-c3conn3)cnc2c1. The summed E-state index contributed by atoms with van der Waals surface area (Å²) in [6, 6.07) is 7.66. The van der Waals surface area contributed by atoms with Crippen LogP contribution < -0.4 is 0 Å². The summed E-state index contributed by atoms with van der Waals surface area (Å²) >= 11 is 0. The highest BCUT2D eigenvalue weighted by atomic mass is 16.5. The lowest BCUT2D eigenvalue weighted by Crippen LogP contribution is -1.88. The van der Waals surface area contributed by atoms with Gasteiger partial charge in [-0.25, -0.2) is 4.98 Å². The van der Waals surface area contributed by atoms with Gasteiger partial charge < -0.3 is 4.52 Å². The average molecular weight is 198 g/mol. The molecule has 0 saturated heterocycles. The Kier molecular flexibility index (Phi) is 1.68. The molecule has 0 unspecified atom stereocenters. The summed E-state index contributed by atoms with van der Waals surface area (Å²) in [5.41, 5.74) is 2.94. The van der Waals surface area contributed by atoms with E-state index in [2.05, 4.69) is 24.9 Å². The highest BCUT2D eigenvalue weighted by Crippen LogP contribution is 2.15. The van der Waals surface area contributed by atoms with Crippen LogP contribution in [0, 0.1) is 0 Å². The van der Waals surface area contributed by atoms with Crippen LogP contribution in [0.1, 0.15) is 0 Å². The number of fused-ring (bicyclic) bond motifs is 1. The first-order valence-electron chi connectivity index (χ1n) is 4.43. The zero-order chi connectivity index (χ0) is 10.1. The molecule has 5 heteroatoms. The van der Waals surface area contributed by atoms with E-state index in [4.69, 9.17) is 0 Å². The number of benzene rings is 1. The minimum absolute atomic E-state index is 0.591. The second kappa shape index (κ2) is 3.13. The molecule has 0 N–H and O–H groups in total. The Morgan fingerprint density at radius 1 is 1.00 bits per heavy atom. The third kappa shape index (κ3) is 1.34. The first kappa shape index (κ1) is 8.05. The van der Waals surface area contributed by atoms with Gasteiger partial charge in [-0.3, -0.25) is 4.98 Å². The van der Waals surface area contributed by atoms with Gasteiger partial charge in [0.1, 0.15) is 5.69 Å². The van der Waals surface area contributed by atoms with Gasteiger partial charge in [-0.15, -0.1) is 5.10 Å². The first-order chi connectivity index (χ1) is 7.43. The van der Waals surface area contributed by atoms with E-state index in [0.717, 1.165) is 11.0 Å². The maximum absolute atomic E-state index is 4.65. The van der Waals surface area contributed by atoms with Crippen LogP contribution in [0.5, 0.6) is 0 Å². The number of aromatic nitrogens is 4. The fourth-order valence-corrected chi connectivity index (χ4v) is 1.36. The largest absolute Gasteiger partial charge is 0.345 e. The van der Waals surface area contributed by atoms with Crippen LogP contribution in [-0.2, 0) is 0 Å². The monoisotopic (exact) mass is 198 g/mol. The maximum atomic E-state index is 4.65. The van der Waals surface area contributed by atoms with Crippen molar-refractivity contribution in [1.29, 1.82) is 0 Å². The van der Waals surface area contributed by atoms with Gasteiger partial charge in [-0.05, 0) is 12.1 Å². The highest BCUT2D eigenvalue weighted by molar-refractivity contribution is 5.76. The second-order valence-corrected chi connectivity index (χ2v) is 3.03. The molecule has 0 bridgehead atoms. The van der Waals surface area contributed by atoms with Crippen LogP contribution in [0.2, 0.25) is 0 Å². The molecular weight excluding hydrogens is 192 g/mol. The van der Waals surface area contributed by atoms with Gasteiger partial charge in [-0.1, -0.05) is 12.1 Å². The smallest absolute Gasteiger partial charge is 0.154 e. The van der Waals surface area contributed by atoms with Gasteiger partial charge in [0.15, 0.2) is 12.0 Å². The molecule has 3 aromatic rings. The maximum Gasteiger partial charge on any atom is 0.154 e. The van der Waals surface area contributed by atoms with E-state index in [1.165, 1.54) is 6.26 Å². The van der Waals surface area contributed by atoms with E-state index in [9.17, 15) is 0 Å². The summed E-state index contributed by atoms with van der Waals surface area (Å²) in [6.45, 7) is 0. The standard InChI is InChI=1S/C10H6N4O/c1-2-4-8-7(3-1)11-5-9(12-8)10-6-15-14-13-10/h1-6H. The lowest BCUT2D eigenvalue weighted by Gasteiger charge is -1.97. The van der Waals surface area contributed by atoms with Crippen molar-refractivity contribution in [2.24, 2.45) is 0 Å². The zero-order valence-corrected chi connectivity index (χ0v) is 7.66. The summed E-state index contributed by atoms with van der Waals surface area (Å²) in [6.07, 6.45) is 3.10. The van der Waals surface area contributed by atoms with Gasteiger partial charge in [0.05, 0.1) is 17.2 Å². The number of hydrogen-bond acceptors (Lipinski definition) is 5. The van der Waals surface area contributed by atoms with Crippen molar-refractivity contribution in [3.8, 4) is 11.4 Å². The normalized spacial score (nSPS) is 10.7. The summed E-state index contributed by atoms with van der Waals surface area (Å²) in [4.78, 5) is 8.66. The van der Waals surface area contributed by atoms with Crippen LogP contribution in [0.15, 0.2) is 41.2 Å². The number of para-hydroxylation sites is 2. The quantitative estimate of drug-likeness (QED) is 0.595. The third-order valence-corrected chi connectivity index (χ3v) is 2.07. The molecule has 0 aliphatic carbocycles. The summed E-state index contributed by atoms with van der Waals surface area (Å²) < 4.78 is 4.65. The Labute approximate surface area is 84.8 Å². The van der Waals surface area contributed by atoms with Crippen molar-refractivity contribution in [2.45, 2.75) is 0 Å². The van der Waals surface area contributed by atoms with Crippen LogP contribution >= 0.6 is 0 Å². The molecule has 0 radical (unpaired) electrons. The first-order valence-corrected chi connectivity index (χ1v) is 4.43. The molecule has 0 spiro atoms. The van der Waals surface area contributed by atoms with Crippen LogP contribution in [0.25, 0.3) is 22.4 Å². The van der Waals surface area contributed by atoms with Crippen molar-refractivity contribution in [1.82, 2.24) is 20.3 Å². The average Bonchev–Trinajstić information content (AvgIpc) is 2.82. The lowest BCUT2D eigenvalue weighted by atomic mass is 10.3. The van der Waals surface area contributed by atoms with Crippen LogP contribution in [-0.4, -0.2) is 20.3 Å². The molecule has 0 fully saturated rings. The van der Waals surface area contributed by atoms with Crippen molar-refractivity contribution in [3.05, 3.63) is 36.7 Å². The number of rotatable bonds is 1. The van der Waals surface area contributed by atoms with Crippen LogP contribution in [0.4, 0.5) is 0 Å². The van der Waals surface area contributed by atoms with Gasteiger partial charge in [0.25, 0.3) is 0 Å². The van der Waals surface area contributed by atoms with E-state index in [1.54, 1.807) is 6.20 Å². The molecular formula is C10H6N4O. The van der Waals surface area contributed by atoms with E-state index < -0.39 is 0 Å². The topological polar surface area (TPSA) is 64.7 Å². The summed E-state index contributed by atoms with van der Waals surface area (Å²) in [5.74, 6) is 0. The fourth-order valence-electron chi connectivity index (χ4n) is 1.36. The third-order valence-electron chi connectivity index (χ3n) is 2.07. The van der Waals surface area contributed by atoms with E-state index in [0.29, 0.717) is 11.4 Å². The Bertz CT molecular complexity index is 591. The molecule has 2 heterocycles. The summed E-state index contributed by atoms with van der Waals surface area (Å²) in [7, 11) is 0. The Hall–Kier alpha value is -2.30. The van der Waals surface area contributed by atoms with Crippen molar-refractivity contribution < 1.29 is 4.52 Å². The van der Waals surface area contributed by atoms with E-state index in [-0.39, 0.29) is 0 Å². The molecule has 3 rings (SSSR count). The molecule has 0 saturated carbocycles. The number of nitrogens with zero attached hydrogens (tertiary/aromatic N) is 4. The Balaban J connectivity index is 2.22. The molecule has 0 aliphatic heterocycles. The zero-order valence-electron chi connectivity index (χ0n) is 7.66. The Morgan fingerprint density at radius 3 is 2.67 bits per heavy atom. The fraction of sp³-hybridized carbons (Fsp3) is 0. The molecule has 0 amide bonds. The van der Waals surface area contributed by atoms with E-state index >= 15 is 0 Å². The summed E-state index contributed by atoms with van der Waals surface area (Å²) in [5, 5.41) is 7.16. The molecule has 72 valence electrons. The Morgan fingerprint density at radius 2 is 1.87 bits per heavy atom. The van der Waals surface area contributed by atoms with Crippen molar-refractivity contribution in [2.75, 3.05) is 0 Å². The van der Waals surface area contributed by atoms with Crippen molar-refractivity contribution in [3.63, 3.8) is 0 Å². The number of hydrogen-bond donors (Lipinski definition) is 0. The molecule has 0 aliphatic rings. The van der Waals surface area contributed by atoms with Gasteiger partial charge >= 0.3 is 0 Å². The van der Waals surface area contributed by atoms with Gasteiger partial charge in [-0.2, -0.15) is 0 Å². The van der Waals surface area contributed by atoms with Gasteiger partial charge in [0, 0.05) is 5.27 Å².